The maximum atomic E-state index is 14.2. The van der Waals surface area contributed by atoms with Crippen LogP contribution in [0.2, 0.25) is 0 Å². The van der Waals surface area contributed by atoms with Crippen LogP contribution in [0.4, 0.5) is 31.5 Å². The van der Waals surface area contributed by atoms with E-state index in [2.05, 4.69) is 22.5 Å². The Labute approximate surface area is 171 Å². The Balaban J connectivity index is 2.15. The number of carbonyl (C=O) groups excluding carboxylic acids is 1. The van der Waals surface area contributed by atoms with Gasteiger partial charge in [-0.15, -0.1) is 0 Å². The molecule has 30 heavy (non-hydrogen) atoms. The summed E-state index contributed by atoms with van der Waals surface area (Å²) in [6, 6.07) is 9.85. The van der Waals surface area contributed by atoms with Crippen molar-refractivity contribution in [2.75, 3.05) is 23.0 Å². The van der Waals surface area contributed by atoms with Crippen molar-refractivity contribution in [2.24, 2.45) is 7.05 Å². The highest BCUT2D eigenvalue weighted by Gasteiger charge is 2.13. The van der Waals surface area contributed by atoms with Crippen LogP contribution in [0.1, 0.15) is 0 Å². The number of pyridine rings is 1. The molecule has 8 heteroatoms. The molecule has 1 aromatic heterocycles. The lowest BCUT2D eigenvalue weighted by Crippen LogP contribution is -2.19. The Hall–Kier alpha value is -3.94. The van der Waals surface area contributed by atoms with Crippen LogP contribution in [0.5, 0.6) is 0 Å². The Morgan fingerprint density at radius 1 is 1.07 bits per heavy atom. The second-order valence-corrected chi connectivity index (χ2v) is 6.51. The Morgan fingerprint density at radius 3 is 2.47 bits per heavy atom. The van der Waals surface area contributed by atoms with Gasteiger partial charge < -0.3 is 20.5 Å². The van der Waals surface area contributed by atoms with Crippen molar-refractivity contribution in [3.63, 3.8) is 0 Å². The summed E-state index contributed by atoms with van der Waals surface area (Å²) < 4.78 is 28.8. The molecule has 0 saturated heterocycles. The van der Waals surface area contributed by atoms with Crippen molar-refractivity contribution in [1.82, 2.24) is 4.57 Å². The molecular formula is C22H20F2N4O2. The highest BCUT2D eigenvalue weighted by molar-refractivity contribution is 6.00. The molecule has 0 radical (unpaired) electrons. The third-order valence-electron chi connectivity index (χ3n) is 4.44. The van der Waals surface area contributed by atoms with Gasteiger partial charge in [0.05, 0.1) is 5.69 Å². The summed E-state index contributed by atoms with van der Waals surface area (Å²) >= 11 is 0. The monoisotopic (exact) mass is 410 g/mol. The number of benzene rings is 2. The molecule has 0 aliphatic heterocycles. The summed E-state index contributed by atoms with van der Waals surface area (Å²) in [5.74, 6) is -1.82. The molecule has 154 valence electrons. The van der Waals surface area contributed by atoms with Crippen LogP contribution >= 0.6 is 0 Å². The predicted octanol–water partition coefficient (Wildman–Crippen LogP) is 4.24. The van der Waals surface area contributed by atoms with Gasteiger partial charge in [0.25, 0.3) is 5.56 Å². The van der Waals surface area contributed by atoms with E-state index in [1.54, 1.807) is 44.6 Å². The smallest absolute Gasteiger partial charge is 0.273 e. The zero-order valence-electron chi connectivity index (χ0n) is 16.4. The number of nitrogens with zero attached hydrogens (tertiary/aromatic N) is 1. The van der Waals surface area contributed by atoms with Gasteiger partial charge in [-0.25, -0.2) is 8.78 Å². The van der Waals surface area contributed by atoms with E-state index in [9.17, 15) is 18.4 Å². The van der Waals surface area contributed by atoms with E-state index in [0.29, 0.717) is 28.2 Å². The quantitative estimate of drug-likeness (QED) is 0.532. The SMILES string of the molecule is C=CC(=O)Nc1ccc(Nc2ccc(F)cc2F)c(-c2cc(NC)c(=O)n(C)c2)c1. The summed E-state index contributed by atoms with van der Waals surface area (Å²) in [6.07, 6.45) is 2.77. The summed E-state index contributed by atoms with van der Waals surface area (Å²) in [4.78, 5) is 23.9. The largest absolute Gasteiger partial charge is 0.384 e. The molecule has 1 amide bonds. The summed E-state index contributed by atoms with van der Waals surface area (Å²) in [7, 11) is 3.25. The van der Waals surface area contributed by atoms with E-state index in [4.69, 9.17) is 0 Å². The van der Waals surface area contributed by atoms with Crippen LogP contribution in [0.3, 0.4) is 0 Å². The third-order valence-corrected chi connectivity index (χ3v) is 4.44. The van der Waals surface area contributed by atoms with Gasteiger partial charge in [-0.2, -0.15) is 0 Å². The average Bonchev–Trinajstić information content (AvgIpc) is 2.72. The maximum Gasteiger partial charge on any atom is 0.273 e. The molecule has 0 fully saturated rings. The molecule has 0 aliphatic carbocycles. The molecule has 1 heterocycles. The summed E-state index contributed by atoms with van der Waals surface area (Å²) in [6.45, 7) is 3.43. The molecule has 2 aromatic carbocycles. The normalized spacial score (nSPS) is 10.4. The molecule has 0 saturated carbocycles. The second kappa shape index (κ2) is 8.60. The topological polar surface area (TPSA) is 75.2 Å². The number of aryl methyl sites for hydroxylation is 1. The van der Waals surface area contributed by atoms with Crippen LogP contribution < -0.4 is 21.5 Å². The summed E-state index contributed by atoms with van der Waals surface area (Å²) in [5.41, 5.74) is 2.46. The van der Waals surface area contributed by atoms with E-state index < -0.39 is 11.6 Å². The molecule has 3 N–H and O–H groups in total. The number of anilines is 4. The molecular weight excluding hydrogens is 390 g/mol. The first kappa shape index (κ1) is 20.8. The van der Waals surface area contributed by atoms with E-state index in [0.717, 1.165) is 18.2 Å². The Morgan fingerprint density at radius 2 is 1.80 bits per heavy atom. The van der Waals surface area contributed by atoms with Gasteiger partial charge in [-0.1, -0.05) is 6.58 Å². The second-order valence-electron chi connectivity index (χ2n) is 6.51. The lowest BCUT2D eigenvalue weighted by Gasteiger charge is -2.16. The Bertz CT molecular complexity index is 1190. The van der Waals surface area contributed by atoms with Crippen molar-refractivity contribution in [2.45, 2.75) is 0 Å². The van der Waals surface area contributed by atoms with Gasteiger partial charge in [0.2, 0.25) is 5.91 Å². The van der Waals surface area contributed by atoms with Crippen LogP contribution in [0.25, 0.3) is 11.1 Å². The van der Waals surface area contributed by atoms with Gasteiger partial charge in [0.15, 0.2) is 0 Å². The molecule has 0 spiro atoms. The number of amides is 1. The number of hydrogen-bond acceptors (Lipinski definition) is 4. The van der Waals surface area contributed by atoms with E-state index in [-0.39, 0.29) is 17.2 Å². The van der Waals surface area contributed by atoms with Gasteiger partial charge in [-0.3, -0.25) is 9.59 Å². The van der Waals surface area contributed by atoms with Gasteiger partial charge in [0.1, 0.15) is 17.3 Å². The highest BCUT2D eigenvalue weighted by atomic mass is 19.1. The molecule has 0 unspecified atom stereocenters. The zero-order chi connectivity index (χ0) is 21.8. The lowest BCUT2D eigenvalue weighted by molar-refractivity contribution is -0.111. The molecule has 6 nitrogen and oxygen atoms in total. The van der Waals surface area contributed by atoms with Crippen LogP contribution in [0.15, 0.2) is 66.1 Å². The number of aromatic nitrogens is 1. The van der Waals surface area contributed by atoms with E-state index in [1.165, 1.54) is 10.6 Å². The maximum absolute atomic E-state index is 14.2. The zero-order valence-corrected chi connectivity index (χ0v) is 16.4. The predicted molar refractivity (Wildman–Crippen MR) is 115 cm³/mol. The number of halogens is 2. The van der Waals surface area contributed by atoms with Crippen molar-refractivity contribution in [3.8, 4) is 11.1 Å². The van der Waals surface area contributed by atoms with Crippen LogP contribution in [-0.2, 0) is 11.8 Å². The van der Waals surface area contributed by atoms with Crippen molar-refractivity contribution in [1.29, 1.82) is 0 Å². The van der Waals surface area contributed by atoms with Crippen molar-refractivity contribution < 1.29 is 13.6 Å². The molecule has 0 aliphatic rings. The van der Waals surface area contributed by atoms with Gasteiger partial charge in [-0.05, 0) is 42.5 Å². The Kier molecular flexibility index (Phi) is 5.96. The number of nitrogens with one attached hydrogen (secondary N) is 3. The van der Waals surface area contributed by atoms with Crippen molar-refractivity contribution in [3.05, 3.63) is 83.3 Å². The minimum Gasteiger partial charge on any atom is -0.384 e. The van der Waals surface area contributed by atoms with E-state index >= 15 is 0 Å². The number of hydrogen-bond donors (Lipinski definition) is 3. The van der Waals surface area contributed by atoms with Gasteiger partial charge >= 0.3 is 0 Å². The first-order valence-electron chi connectivity index (χ1n) is 9.00. The average molecular weight is 410 g/mol. The minimum atomic E-state index is -0.749. The lowest BCUT2D eigenvalue weighted by atomic mass is 10.0. The molecule has 0 atom stereocenters. The number of carbonyl (C=O) groups is 1. The first-order chi connectivity index (χ1) is 14.3. The van der Waals surface area contributed by atoms with Gasteiger partial charge in [0, 0.05) is 48.9 Å². The fraction of sp³-hybridized carbons (Fsp3) is 0.0909. The molecule has 3 aromatic rings. The fourth-order valence-corrected chi connectivity index (χ4v) is 2.94. The third kappa shape index (κ3) is 4.38. The first-order valence-corrected chi connectivity index (χ1v) is 9.00. The summed E-state index contributed by atoms with van der Waals surface area (Å²) in [5, 5.41) is 8.47. The van der Waals surface area contributed by atoms with E-state index in [1.807, 2.05) is 0 Å². The number of rotatable bonds is 6. The standard InChI is InChI=1S/C22H20F2N4O2/c1-4-21(29)26-15-6-8-18(27-19-7-5-14(23)10-17(19)24)16(11-15)13-9-20(25-2)22(30)28(3)12-13/h4-12,25,27H,1H2,2-3H3,(H,26,29). The minimum absolute atomic E-state index is 0.0826. The van der Waals surface area contributed by atoms with Crippen LogP contribution in [0, 0.1) is 11.6 Å². The van der Waals surface area contributed by atoms with Crippen molar-refractivity contribution >= 4 is 28.7 Å². The highest BCUT2D eigenvalue weighted by Crippen LogP contribution is 2.34. The molecule has 3 rings (SSSR count). The molecule has 0 bridgehead atoms. The van der Waals surface area contributed by atoms with Crippen LogP contribution in [-0.4, -0.2) is 17.5 Å². The fourth-order valence-electron chi connectivity index (χ4n) is 2.94.